The van der Waals surface area contributed by atoms with Gasteiger partial charge in [0.05, 0.1) is 13.7 Å². The smallest absolute Gasteiger partial charge is 0.334 e. The molecule has 114 valence electrons. The molecule has 1 saturated heterocycles. The van der Waals surface area contributed by atoms with Gasteiger partial charge < -0.3 is 19.3 Å². The Morgan fingerprint density at radius 1 is 1.29 bits per heavy atom. The Morgan fingerprint density at radius 3 is 2.38 bits per heavy atom. The van der Waals surface area contributed by atoms with E-state index in [4.69, 9.17) is 14.2 Å². The van der Waals surface area contributed by atoms with Crippen LogP contribution in [0, 0.1) is 0 Å². The molecular formula is C16H20O5. The zero-order valence-electron chi connectivity index (χ0n) is 12.5. The first-order valence-corrected chi connectivity index (χ1v) is 6.77. The van der Waals surface area contributed by atoms with Gasteiger partial charge >= 0.3 is 5.97 Å². The van der Waals surface area contributed by atoms with Crippen LogP contribution in [-0.4, -0.2) is 37.0 Å². The number of cyclic esters (lactones) is 1. The van der Waals surface area contributed by atoms with Gasteiger partial charge in [0.15, 0.2) is 5.60 Å². The first kappa shape index (κ1) is 15.4. The lowest BCUT2D eigenvalue weighted by Gasteiger charge is -2.24. The average Bonchev–Trinajstić information content (AvgIpc) is 2.84. The van der Waals surface area contributed by atoms with Gasteiger partial charge in [-0.25, -0.2) is 4.79 Å². The van der Waals surface area contributed by atoms with Gasteiger partial charge in [-0.3, -0.25) is 0 Å². The third-order valence-corrected chi connectivity index (χ3v) is 3.51. The second kappa shape index (κ2) is 6.18. The number of carbonyl (C=O) groups is 1. The van der Waals surface area contributed by atoms with Crippen molar-refractivity contribution in [1.29, 1.82) is 0 Å². The summed E-state index contributed by atoms with van der Waals surface area (Å²) in [5.74, 6) is 0.992. The van der Waals surface area contributed by atoms with Crippen LogP contribution in [0.3, 0.4) is 0 Å². The predicted octanol–water partition coefficient (Wildman–Crippen LogP) is 2.09. The quantitative estimate of drug-likeness (QED) is 0.665. The lowest BCUT2D eigenvalue weighted by molar-refractivity contribution is -0.153. The first-order valence-electron chi connectivity index (χ1n) is 6.77. The molecule has 0 aliphatic carbocycles. The van der Waals surface area contributed by atoms with E-state index in [0.29, 0.717) is 17.7 Å². The van der Waals surface area contributed by atoms with Gasteiger partial charge in [-0.2, -0.15) is 0 Å². The molecule has 1 N–H and O–H groups in total. The van der Waals surface area contributed by atoms with Crippen LogP contribution in [0.1, 0.15) is 20.3 Å². The molecule has 1 heterocycles. The van der Waals surface area contributed by atoms with E-state index in [1.807, 2.05) is 13.8 Å². The second-order valence-electron chi connectivity index (χ2n) is 5.35. The maximum atomic E-state index is 11.8. The fourth-order valence-electron chi connectivity index (χ4n) is 2.17. The van der Waals surface area contributed by atoms with Crippen molar-refractivity contribution >= 4 is 5.97 Å². The van der Waals surface area contributed by atoms with Gasteiger partial charge in [0.2, 0.25) is 0 Å². The average molecular weight is 292 g/mol. The van der Waals surface area contributed by atoms with Crippen LogP contribution in [0.4, 0.5) is 0 Å². The van der Waals surface area contributed by atoms with E-state index in [9.17, 15) is 9.90 Å². The maximum absolute atomic E-state index is 11.8. The van der Waals surface area contributed by atoms with E-state index in [2.05, 4.69) is 0 Å². The highest BCUT2D eigenvalue weighted by Crippen LogP contribution is 2.33. The van der Waals surface area contributed by atoms with Crippen molar-refractivity contribution in [3.8, 4) is 11.5 Å². The third kappa shape index (κ3) is 3.36. The summed E-state index contributed by atoms with van der Waals surface area (Å²) in [4.78, 5) is 11.8. The fourth-order valence-corrected chi connectivity index (χ4v) is 2.17. The summed E-state index contributed by atoms with van der Waals surface area (Å²) in [6, 6.07) is 7.09. The molecule has 21 heavy (non-hydrogen) atoms. The number of benzene rings is 1. The number of methoxy groups -OCH3 is 1. The number of aliphatic hydroxyl groups excluding tert-OH is 1. The molecule has 2 rings (SSSR count). The molecule has 1 aliphatic rings. The standard InChI is InChI=1S/C16H20O5/c1-11(2)14-8-16(9-17,21-15(14)18)10-20-13-6-4-12(19-3)5-7-13/h4-7,17H,8-10H2,1-3H3. The van der Waals surface area contributed by atoms with Crippen LogP contribution in [0.2, 0.25) is 0 Å². The van der Waals surface area contributed by atoms with Crippen LogP contribution in [0.5, 0.6) is 11.5 Å². The van der Waals surface area contributed by atoms with Crippen LogP contribution in [0.15, 0.2) is 35.4 Å². The van der Waals surface area contributed by atoms with Crippen molar-refractivity contribution < 1.29 is 24.1 Å². The normalized spacial score (nSPS) is 21.1. The minimum Gasteiger partial charge on any atom is -0.497 e. The van der Waals surface area contributed by atoms with E-state index >= 15 is 0 Å². The number of esters is 1. The number of allylic oxidation sites excluding steroid dienone is 1. The van der Waals surface area contributed by atoms with Crippen LogP contribution in [0.25, 0.3) is 0 Å². The number of hydrogen-bond acceptors (Lipinski definition) is 5. The zero-order chi connectivity index (χ0) is 15.5. The lowest BCUT2D eigenvalue weighted by atomic mass is 9.97. The summed E-state index contributed by atoms with van der Waals surface area (Å²) in [5, 5.41) is 9.59. The number of aliphatic hydroxyl groups is 1. The third-order valence-electron chi connectivity index (χ3n) is 3.51. The summed E-state index contributed by atoms with van der Waals surface area (Å²) >= 11 is 0. The second-order valence-corrected chi connectivity index (χ2v) is 5.35. The number of rotatable bonds is 5. The number of ether oxygens (including phenoxy) is 3. The Morgan fingerprint density at radius 2 is 1.90 bits per heavy atom. The molecular weight excluding hydrogens is 272 g/mol. The van der Waals surface area contributed by atoms with Crippen molar-refractivity contribution in [3.63, 3.8) is 0 Å². The van der Waals surface area contributed by atoms with Crippen molar-refractivity contribution in [3.05, 3.63) is 35.4 Å². The van der Waals surface area contributed by atoms with E-state index in [1.54, 1.807) is 31.4 Å². The van der Waals surface area contributed by atoms with E-state index < -0.39 is 5.60 Å². The monoisotopic (exact) mass is 292 g/mol. The molecule has 1 fully saturated rings. The number of carbonyl (C=O) groups excluding carboxylic acids is 1. The molecule has 0 saturated carbocycles. The molecule has 0 amide bonds. The van der Waals surface area contributed by atoms with Crippen molar-refractivity contribution in [2.75, 3.05) is 20.3 Å². The van der Waals surface area contributed by atoms with Crippen LogP contribution < -0.4 is 9.47 Å². The topological polar surface area (TPSA) is 65.0 Å². The van der Waals surface area contributed by atoms with Gasteiger partial charge in [-0.15, -0.1) is 0 Å². The maximum Gasteiger partial charge on any atom is 0.334 e. The molecule has 1 atom stereocenters. The Labute approximate surface area is 124 Å². The molecule has 5 nitrogen and oxygen atoms in total. The number of hydrogen-bond donors (Lipinski definition) is 1. The van der Waals surface area contributed by atoms with Crippen LogP contribution >= 0.6 is 0 Å². The molecule has 1 aliphatic heterocycles. The molecule has 0 spiro atoms. The molecule has 0 radical (unpaired) electrons. The molecule has 0 bridgehead atoms. The lowest BCUT2D eigenvalue weighted by Crippen LogP contribution is -2.39. The van der Waals surface area contributed by atoms with Crippen molar-refractivity contribution in [2.45, 2.75) is 25.9 Å². The summed E-state index contributed by atoms with van der Waals surface area (Å²) in [6.45, 7) is 3.55. The summed E-state index contributed by atoms with van der Waals surface area (Å²) in [5.41, 5.74) is 0.519. The van der Waals surface area contributed by atoms with Crippen LogP contribution in [-0.2, 0) is 9.53 Å². The fraction of sp³-hybridized carbons (Fsp3) is 0.438. The minimum atomic E-state index is -0.996. The van der Waals surface area contributed by atoms with Gasteiger partial charge in [0, 0.05) is 12.0 Å². The molecule has 1 unspecified atom stereocenters. The molecule has 1 aromatic carbocycles. The highest BCUT2D eigenvalue weighted by molar-refractivity contribution is 5.92. The first-order chi connectivity index (χ1) is 9.99. The minimum absolute atomic E-state index is 0.109. The Hall–Kier alpha value is -2.01. The Bertz CT molecular complexity index is 542. The van der Waals surface area contributed by atoms with E-state index in [-0.39, 0.29) is 19.2 Å². The Kier molecular flexibility index (Phi) is 4.53. The molecule has 5 heteroatoms. The van der Waals surface area contributed by atoms with E-state index in [0.717, 1.165) is 11.3 Å². The highest BCUT2D eigenvalue weighted by atomic mass is 16.6. The predicted molar refractivity (Wildman–Crippen MR) is 77.4 cm³/mol. The van der Waals surface area contributed by atoms with Gasteiger partial charge in [-0.1, -0.05) is 5.57 Å². The SMILES string of the molecule is COc1ccc(OCC2(CO)CC(=C(C)C)C(=O)O2)cc1. The zero-order valence-corrected chi connectivity index (χ0v) is 12.5. The van der Waals surface area contributed by atoms with Gasteiger partial charge in [-0.05, 0) is 38.1 Å². The summed E-state index contributed by atoms with van der Waals surface area (Å²) in [6.07, 6.45) is 0.362. The summed E-state index contributed by atoms with van der Waals surface area (Å²) in [7, 11) is 1.59. The Balaban J connectivity index is 2.06. The molecule has 1 aromatic rings. The molecule has 0 aromatic heterocycles. The van der Waals surface area contributed by atoms with Gasteiger partial charge in [0.25, 0.3) is 0 Å². The highest BCUT2D eigenvalue weighted by Gasteiger charge is 2.44. The van der Waals surface area contributed by atoms with Gasteiger partial charge in [0.1, 0.15) is 18.1 Å². The summed E-state index contributed by atoms with van der Waals surface area (Å²) < 4.78 is 16.1. The largest absolute Gasteiger partial charge is 0.497 e. The van der Waals surface area contributed by atoms with E-state index in [1.165, 1.54) is 0 Å². The van der Waals surface area contributed by atoms with Crippen molar-refractivity contribution in [2.24, 2.45) is 0 Å². The van der Waals surface area contributed by atoms with Crippen molar-refractivity contribution in [1.82, 2.24) is 0 Å².